The summed E-state index contributed by atoms with van der Waals surface area (Å²) in [6, 6.07) is 21.6. The highest BCUT2D eigenvalue weighted by Gasteiger charge is 2.45. The summed E-state index contributed by atoms with van der Waals surface area (Å²) in [5.74, 6) is -7.55. The zero-order valence-electron chi connectivity index (χ0n) is 34.1. The number of likely N-dealkylation sites (tertiary alicyclic amines) is 1. The number of aromatic carboxylic acids is 1. The Bertz CT molecular complexity index is 2010. The molecule has 13 nitrogen and oxygen atoms in total. The van der Waals surface area contributed by atoms with E-state index in [1.54, 1.807) is 36.4 Å². The average Bonchev–Trinajstić information content (AvgIpc) is 3.70. The van der Waals surface area contributed by atoms with Crippen molar-refractivity contribution in [1.29, 1.82) is 0 Å². The fraction of sp³-hybridized carbons (Fsp3) is 0.447. The van der Waals surface area contributed by atoms with Crippen LogP contribution >= 0.6 is 0 Å². The van der Waals surface area contributed by atoms with E-state index >= 15 is 0 Å². The minimum atomic E-state index is -1.25. The van der Waals surface area contributed by atoms with Crippen LogP contribution in [0.2, 0.25) is 0 Å². The number of hydrogen-bond donors (Lipinski definition) is 3. The lowest BCUT2D eigenvalue weighted by Gasteiger charge is -2.34. The Morgan fingerprint density at radius 1 is 0.817 bits per heavy atom. The van der Waals surface area contributed by atoms with E-state index in [-0.39, 0.29) is 62.3 Å². The molecule has 1 saturated heterocycles. The van der Waals surface area contributed by atoms with E-state index in [1.165, 1.54) is 23.1 Å². The van der Waals surface area contributed by atoms with E-state index in [2.05, 4.69) is 5.32 Å². The van der Waals surface area contributed by atoms with Crippen molar-refractivity contribution in [1.82, 2.24) is 10.2 Å². The molecule has 0 aromatic heterocycles. The quantitative estimate of drug-likeness (QED) is 0.0799. The Labute approximate surface area is 350 Å². The van der Waals surface area contributed by atoms with Gasteiger partial charge in [0.1, 0.15) is 6.04 Å². The normalized spacial score (nSPS) is 18.2. The number of nitrogens with two attached hydrogens (primary N) is 1. The lowest BCUT2D eigenvalue weighted by Crippen LogP contribution is -2.47. The van der Waals surface area contributed by atoms with Crippen LogP contribution in [-0.4, -0.2) is 75.5 Å². The lowest BCUT2D eigenvalue weighted by atomic mass is 9.76. The number of benzene rings is 3. The summed E-state index contributed by atoms with van der Waals surface area (Å²) in [5.41, 5.74) is 6.75. The molecule has 5 rings (SSSR count). The number of amides is 3. The van der Waals surface area contributed by atoms with Crippen LogP contribution in [0.25, 0.3) is 0 Å². The fourth-order valence-electron chi connectivity index (χ4n) is 8.51. The molecule has 0 spiro atoms. The number of ketones is 4. The van der Waals surface area contributed by atoms with Crippen molar-refractivity contribution in [3.8, 4) is 0 Å². The van der Waals surface area contributed by atoms with E-state index in [0.717, 1.165) is 24.8 Å². The summed E-state index contributed by atoms with van der Waals surface area (Å²) < 4.78 is 6.26. The topological polar surface area (TPSA) is 207 Å². The summed E-state index contributed by atoms with van der Waals surface area (Å²) in [6.45, 7) is 2.12. The van der Waals surface area contributed by atoms with Crippen molar-refractivity contribution >= 4 is 46.8 Å². The average molecular weight is 822 g/mol. The second-order valence-electron chi connectivity index (χ2n) is 15.9. The summed E-state index contributed by atoms with van der Waals surface area (Å²) in [5, 5.41) is 12.3. The number of carbonyl (C=O) groups is 8. The van der Waals surface area contributed by atoms with Crippen molar-refractivity contribution in [2.75, 3.05) is 6.54 Å². The number of carbonyl (C=O) groups excluding carboxylic acids is 7. The first-order chi connectivity index (χ1) is 28.9. The van der Waals surface area contributed by atoms with Crippen LogP contribution < -0.4 is 11.1 Å². The van der Waals surface area contributed by atoms with Crippen LogP contribution in [0.3, 0.4) is 0 Å². The van der Waals surface area contributed by atoms with Crippen LogP contribution in [0, 0.1) is 17.8 Å². The Hall–Kier alpha value is -5.82. The van der Waals surface area contributed by atoms with Crippen molar-refractivity contribution in [3.63, 3.8) is 0 Å². The number of hydrogen-bond acceptors (Lipinski definition) is 9. The van der Waals surface area contributed by atoms with Gasteiger partial charge >= 0.3 is 5.97 Å². The molecule has 3 amide bonds. The highest BCUT2D eigenvalue weighted by Crippen LogP contribution is 2.37. The van der Waals surface area contributed by atoms with Crippen LogP contribution in [0.4, 0.5) is 0 Å². The molecule has 1 aliphatic heterocycles. The zero-order valence-corrected chi connectivity index (χ0v) is 34.1. The van der Waals surface area contributed by atoms with Crippen molar-refractivity contribution < 1.29 is 48.2 Å². The predicted molar refractivity (Wildman–Crippen MR) is 221 cm³/mol. The maximum Gasteiger partial charge on any atom is 0.336 e. The molecular formula is C47H55N3O10. The molecule has 1 heterocycles. The molecule has 3 unspecified atom stereocenters. The van der Waals surface area contributed by atoms with E-state index in [9.17, 15) is 43.5 Å². The second kappa shape index (κ2) is 22.0. The Balaban J connectivity index is 1.33. The molecule has 1 aliphatic carbocycles. The second-order valence-corrected chi connectivity index (χ2v) is 15.9. The van der Waals surface area contributed by atoms with Crippen molar-refractivity contribution in [2.24, 2.45) is 23.5 Å². The fourth-order valence-corrected chi connectivity index (χ4v) is 8.51. The Morgan fingerprint density at radius 3 is 2.08 bits per heavy atom. The lowest BCUT2D eigenvalue weighted by molar-refractivity contribution is -0.144. The third kappa shape index (κ3) is 12.1. The number of nitrogens with zero attached hydrogens (tertiary/aromatic N) is 1. The number of carboxylic acids is 1. The van der Waals surface area contributed by atoms with Gasteiger partial charge in [0.05, 0.1) is 24.3 Å². The maximum atomic E-state index is 14.8. The predicted octanol–water partition coefficient (Wildman–Crippen LogP) is 5.98. The third-order valence-corrected chi connectivity index (χ3v) is 11.7. The molecule has 318 valence electrons. The molecule has 4 N–H and O–H groups in total. The summed E-state index contributed by atoms with van der Waals surface area (Å²) in [7, 11) is 0. The standard InChI is InChI=1S/C47H55N3O10/c1-2-14-33(44(55)39(51)23-24-42(54)49-43(45(48)56)32-19-10-5-11-20-32)25-41(53)38-26-34(60-29-30-15-6-3-7-16-30)28-50(38)46(57)37(31-17-8-4-9-18-31)27-40(52)35-21-12-13-22-36(35)47(58)59/h3,5-7,10-13,15-16,19-22,31,33-34,37-38,43H,2,4,8-9,14,17-18,23-29H2,1H3,(H2,48,56)(H,49,54)(H,58,59)/t33?,34-,37?,38+,43?/m1/s1. The molecular weight excluding hydrogens is 767 g/mol. The van der Waals surface area contributed by atoms with Gasteiger partial charge in [-0.3, -0.25) is 33.6 Å². The van der Waals surface area contributed by atoms with Gasteiger partial charge in [-0.25, -0.2) is 4.79 Å². The van der Waals surface area contributed by atoms with Gasteiger partial charge in [-0.15, -0.1) is 0 Å². The minimum absolute atomic E-state index is 0.0173. The highest BCUT2D eigenvalue weighted by molar-refractivity contribution is 6.38. The van der Waals surface area contributed by atoms with Gasteiger partial charge in [0.15, 0.2) is 17.3 Å². The molecule has 0 bridgehead atoms. The van der Waals surface area contributed by atoms with E-state index in [1.807, 2.05) is 37.3 Å². The van der Waals surface area contributed by atoms with Crippen LogP contribution in [0.15, 0.2) is 84.9 Å². The summed E-state index contributed by atoms with van der Waals surface area (Å²) >= 11 is 0. The molecule has 2 fully saturated rings. The van der Waals surface area contributed by atoms with Gasteiger partial charge in [-0.2, -0.15) is 0 Å². The summed E-state index contributed by atoms with van der Waals surface area (Å²) in [4.78, 5) is 108. The van der Waals surface area contributed by atoms with Gasteiger partial charge in [-0.05, 0) is 42.4 Å². The van der Waals surface area contributed by atoms with E-state index < -0.39 is 83.3 Å². The number of ether oxygens (including phenoxy) is 1. The van der Waals surface area contributed by atoms with E-state index in [4.69, 9.17) is 10.5 Å². The number of Topliss-reactive ketones (excluding diaryl/α,β-unsaturated/α-hetero) is 4. The monoisotopic (exact) mass is 821 g/mol. The van der Waals surface area contributed by atoms with Gasteiger partial charge in [-0.1, -0.05) is 111 Å². The Morgan fingerprint density at radius 2 is 1.45 bits per heavy atom. The molecule has 1 saturated carbocycles. The first-order valence-corrected chi connectivity index (χ1v) is 20.9. The molecule has 0 radical (unpaired) electrons. The highest BCUT2D eigenvalue weighted by atomic mass is 16.5. The zero-order chi connectivity index (χ0) is 43.2. The van der Waals surface area contributed by atoms with Crippen LogP contribution in [0.1, 0.15) is 122 Å². The first kappa shape index (κ1) is 45.3. The van der Waals surface area contributed by atoms with Gasteiger partial charge in [0, 0.05) is 56.0 Å². The molecule has 5 atom stereocenters. The van der Waals surface area contributed by atoms with E-state index in [0.29, 0.717) is 24.8 Å². The molecule has 13 heteroatoms. The minimum Gasteiger partial charge on any atom is -0.478 e. The third-order valence-electron chi connectivity index (χ3n) is 11.7. The van der Waals surface area contributed by atoms with Gasteiger partial charge in [0.2, 0.25) is 23.5 Å². The summed E-state index contributed by atoms with van der Waals surface area (Å²) in [6.07, 6.45) is 3.07. The number of rotatable bonds is 22. The number of primary amides is 1. The van der Waals surface area contributed by atoms with Crippen molar-refractivity contribution in [2.45, 2.75) is 109 Å². The van der Waals surface area contributed by atoms with Crippen molar-refractivity contribution in [3.05, 3.63) is 107 Å². The molecule has 3 aromatic carbocycles. The van der Waals surface area contributed by atoms with Crippen LogP contribution in [-0.2, 0) is 40.1 Å². The van der Waals surface area contributed by atoms with Crippen LogP contribution in [0.5, 0.6) is 0 Å². The largest absolute Gasteiger partial charge is 0.478 e. The van der Waals surface area contributed by atoms with Gasteiger partial charge < -0.3 is 25.8 Å². The van der Waals surface area contributed by atoms with Gasteiger partial charge in [0.25, 0.3) is 0 Å². The SMILES string of the molecule is CCCC(CC(=O)[C@@H]1C[C@@H](OCc2ccccc2)CN1C(=O)C(CC(=O)c1ccccc1C(=O)O)C1CCCCC1)C(=O)C(=O)CCC(=O)NC(C(N)=O)c1ccccc1. The molecule has 60 heavy (non-hydrogen) atoms. The maximum absolute atomic E-state index is 14.8. The Kier molecular flexibility index (Phi) is 16.6. The number of nitrogens with one attached hydrogen (secondary N) is 1. The first-order valence-electron chi connectivity index (χ1n) is 20.9. The molecule has 2 aliphatic rings. The molecule has 3 aromatic rings. The smallest absolute Gasteiger partial charge is 0.336 e. The number of carboxylic acid groups (broad SMARTS) is 1.